The Morgan fingerprint density at radius 1 is 1.15 bits per heavy atom. The minimum Gasteiger partial charge on any atom is -0.469 e. The molecule has 8 nitrogen and oxygen atoms in total. The lowest BCUT2D eigenvalue weighted by molar-refractivity contribution is -0.149. The van der Waals surface area contributed by atoms with Gasteiger partial charge in [0.15, 0.2) is 12.4 Å². The molecule has 1 saturated heterocycles. The molecule has 0 unspecified atom stereocenters. The second-order valence-corrected chi connectivity index (χ2v) is 6.44. The highest BCUT2D eigenvalue weighted by Crippen LogP contribution is 2.20. The lowest BCUT2D eigenvalue weighted by Gasteiger charge is -2.30. The van der Waals surface area contributed by atoms with E-state index in [1.807, 2.05) is 0 Å². The van der Waals surface area contributed by atoms with Gasteiger partial charge in [0.05, 0.1) is 13.0 Å². The number of piperidine rings is 1. The molecule has 8 heteroatoms. The second kappa shape index (κ2) is 8.16. The zero-order chi connectivity index (χ0) is 19.4. The van der Waals surface area contributed by atoms with Crippen LogP contribution in [0.15, 0.2) is 0 Å². The molecule has 1 aromatic heterocycles. The van der Waals surface area contributed by atoms with Gasteiger partial charge in [-0.25, -0.2) is 4.79 Å². The zero-order valence-electron chi connectivity index (χ0n) is 15.5. The number of aryl methyl sites for hydroxylation is 1. The summed E-state index contributed by atoms with van der Waals surface area (Å²) >= 11 is 0. The summed E-state index contributed by atoms with van der Waals surface area (Å²) in [5, 5.41) is 0. The molecule has 2 rings (SSSR count). The number of H-pyrrole nitrogens is 1. The number of carbonyl (C=O) groups is 4. The van der Waals surface area contributed by atoms with Crippen molar-refractivity contribution >= 4 is 23.6 Å². The van der Waals surface area contributed by atoms with Crippen LogP contribution in [-0.2, 0) is 19.1 Å². The number of likely N-dealkylation sites (tertiary alicyclic amines) is 1. The van der Waals surface area contributed by atoms with Crippen LogP contribution in [0.4, 0.5) is 0 Å². The van der Waals surface area contributed by atoms with Gasteiger partial charge < -0.3 is 19.4 Å². The van der Waals surface area contributed by atoms with Crippen molar-refractivity contribution in [2.45, 2.75) is 33.6 Å². The monoisotopic (exact) mass is 364 g/mol. The molecule has 1 amide bonds. The molecule has 142 valence electrons. The first-order valence-corrected chi connectivity index (χ1v) is 8.49. The third-order valence-corrected chi connectivity index (χ3v) is 4.70. The van der Waals surface area contributed by atoms with Crippen molar-refractivity contribution in [2.75, 3.05) is 26.8 Å². The maximum Gasteiger partial charge on any atom is 0.355 e. The molecule has 1 N–H and O–H groups in total. The van der Waals surface area contributed by atoms with E-state index in [-0.39, 0.29) is 35.9 Å². The Balaban J connectivity index is 1.90. The fraction of sp³-hybridized carbons (Fsp3) is 0.556. The van der Waals surface area contributed by atoms with E-state index in [2.05, 4.69) is 4.98 Å². The molecule has 1 aliphatic rings. The smallest absolute Gasteiger partial charge is 0.355 e. The molecule has 0 bridgehead atoms. The number of ketones is 1. The molecule has 0 radical (unpaired) electrons. The van der Waals surface area contributed by atoms with Crippen LogP contribution >= 0.6 is 0 Å². The average molecular weight is 364 g/mol. The predicted octanol–water partition coefficient (Wildman–Crippen LogP) is 1.40. The number of aromatic amines is 1. The maximum atomic E-state index is 12.2. The summed E-state index contributed by atoms with van der Waals surface area (Å²) < 4.78 is 9.82. The third kappa shape index (κ3) is 4.12. The summed E-state index contributed by atoms with van der Waals surface area (Å²) in [6.07, 6.45) is 1.06. The van der Waals surface area contributed by atoms with Gasteiger partial charge in [0, 0.05) is 24.3 Å². The van der Waals surface area contributed by atoms with Gasteiger partial charge in [-0.2, -0.15) is 0 Å². The number of amides is 1. The highest BCUT2D eigenvalue weighted by molar-refractivity contribution is 6.01. The van der Waals surface area contributed by atoms with Crippen LogP contribution in [-0.4, -0.2) is 60.3 Å². The maximum absolute atomic E-state index is 12.2. The Labute approximate surface area is 151 Å². The highest BCUT2D eigenvalue weighted by atomic mass is 16.5. The molecule has 0 aliphatic carbocycles. The van der Waals surface area contributed by atoms with Gasteiger partial charge in [-0.05, 0) is 39.2 Å². The van der Waals surface area contributed by atoms with Crippen LogP contribution in [0.2, 0.25) is 0 Å². The standard InChI is InChI=1S/C18H24N2O6/c1-10-15(12(3)21)11(2)19-16(10)18(24)26-9-14(22)20-7-5-13(6-8-20)17(23)25-4/h13,19H,5-9H2,1-4H3. The molecule has 0 atom stereocenters. The summed E-state index contributed by atoms with van der Waals surface area (Å²) in [5.41, 5.74) is 1.77. The highest BCUT2D eigenvalue weighted by Gasteiger charge is 2.28. The molecular formula is C18H24N2O6. The Bertz CT molecular complexity index is 728. The summed E-state index contributed by atoms with van der Waals surface area (Å²) in [7, 11) is 1.35. The number of nitrogens with zero attached hydrogens (tertiary/aromatic N) is 1. The number of hydrogen-bond acceptors (Lipinski definition) is 6. The van der Waals surface area contributed by atoms with E-state index in [0.29, 0.717) is 42.8 Å². The van der Waals surface area contributed by atoms with Crippen molar-refractivity contribution in [3.63, 3.8) is 0 Å². The van der Waals surface area contributed by atoms with Crippen molar-refractivity contribution in [3.8, 4) is 0 Å². The molecule has 26 heavy (non-hydrogen) atoms. The van der Waals surface area contributed by atoms with Crippen molar-refractivity contribution in [2.24, 2.45) is 5.92 Å². The number of ether oxygens (including phenoxy) is 2. The van der Waals surface area contributed by atoms with Gasteiger partial charge in [0.1, 0.15) is 5.69 Å². The number of esters is 2. The van der Waals surface area contributed by atoms with Crippen molar-refractivity contribution in [3.05, 3.63) is 22.5 Å². The third-order valence-electron chi connectivity index (χ3n) is 4.70. The van der Waals surface area contributed by atoms with E-state index in [1.54, 1.807) is 18.7 Å². The van der Waals surface area contributed by atoms with E-state index < -0.39 is 5.97 Å². The van der Waals surface area contributed by atoms with E-state index in [4.69, 9.17) is 9.47 Å². The minimum absolute atomic E-state index is 0.139. The van der Waals surface area contributed by atoms with Crippen LogP contribution < -0.4 is 0 Å². The van der Waals surface area contributed by atoms with Crippen molar-refractivity contribution < 1.29 is 28.7 Å². The van der Waals surface area contributed by atoms with E-state index in [1.165, 1.54) is 14.0 Å². The van der Waals surface area contributed by atoms with Gasteiger partial charge in [-0.15, -0.1) is 0 Å². The first kappa shape index (κ1) is 19.7. The van der Waals surface area contributed by atoms with Crippen LogP contribution in [0.1, 0.15) is 51.9 Å². The van der Waals surface area contributed by atoms with E-state index in [0.717, 1.165) is 0 Å². The quantitative estimate of drug-likeness (QED) is 0.625. The number of carbonyl (C=O) groups excluding carboxylic acids is 4. The summed E-state index contributed by atoms with van der Waals surface area (Å²) in [6, 6.07) is 0. The van der Waals surface area contributed by atoms with Crippen LogP contribution in [0, 0.1) is 19.8 Å². The van der Waals surface area contributed by atoms with Crippen LogP contribution in [0.25, 0.3) is 0 Å². The molecule has 1 fully saturated rings. The first-order valence-electron chi connectivity index (χ1n) is 8.49. The molecule has 1 aromatic rings. The lowest BCUT2D eigenvalue weighted by Crippen LogP contribution is -2.42. The molecule has 0 aromatic carbocycles. The van der Waals surface area contributed by atoms with Gasteiger partial charge in [0.25, 0.3) is 5.91 Å². The number of rotatable bonds is 5. The van der Waals surface area contributed by atoms with Gasteiger partial charge >= 0.3 is 11.9 Å². The van der Waals surface area contributed by atoms with Gasteiger partial charge in [-0.1, -0.05) is 0 Å². The zero-order valence-corrected chi connectivity index (χ0v) is 15.5. The number of hydrogen-bond donors (Lipinski definition) is 1. The number of methoxy groups -OCH3 is 1. The van der Waals surface area contributed by atoms with E-state index >= 15 is 0 Å². The summed E-state index contributed by atoms with van der Waals surface area (Å²) in [5.74, 6) is -1.58. The fourth-order valence-corrected chi connectivity index (χ4v) is 3.30. The fourth-order valence-electron chi connectivity index (χ4n) is 3.30. The number of aromatic nitrogens is 1. The molecular weight excluding hydrogens is 340 g/mol. The Hall–Kier alpha value is -2.64. The SMILES string of the molecule is COC(=O)C1CCN(C(=O)COC(=O)c2[nH]c(C)c(C(C)=O)c2C)CC1. The second-order valence-electron chi connectivity index (χ2n) is 6.44. The summed E-state index contributed by atoms with van der Waals surface area (Å²) in [4.78, 5) is 52.0. The van der Waals surface area contributed by atoms with Crippen molar-refractivity contribution in [1.29, 1.82) is 0 Å². The molecule has 0 saturated carbocycles. The van der Waals surface area contributed by atoms with Crippen molar-refractivity contribution in [1.82, 2.24) is 9.88 Å². The molecule has 0 spiro atoms. The lowest BCUT2D eigenvalue weighted by atomic mass is 9.97. The number of nitrogens with one attached hydrogen (secondary N) is 1. The normalized spacial score (nSPS) is 14.8. The molecule has 2 heterocycles. The average Bonchev–Trinajstić information content (AvgIpc) is 2.93. The predicted molar refractivity (Wildman–Crippen MR) is 91.9 cm³/mol. The molecule has 1 aliphatic heterocycles. The largest absolute Gasteiger partial charge is 0.469 e. The van der Waals surface area contributed by atoms with E-state index in [9.17, 15) is 19.2 Å². The Kier molecular flexibility index (Phi) is 6.18. The van der Waals surface area contributed by atoms with Gasteiger partial charge in [0.2, 0.25) is 0 Å². The van der Waals surface area contributed by atoms with Crippen LogP contribution in [0.5, 0.6) is 0 Å². The minimum atomic E-state index is -0.670. The van der Waals surface area contributed by atoms with Gasteiger partial charge in [-0.3, -0.25) is 14.4 Å². The Morgan fingerprint density at radius 3 is 2.27 bits per heavy atom. The summed E-state index contributed by atoms with van der Waals surface area (Å²) in [6.45, 7) is 5.26. The number of Topliss-reactive ketones (excluding diaryl/α,β-unsaturated/α-hetero) is 1. The topological polar surface area (TPSA) is 106 Å². The van der Waals surface area contributed by atoms with Crippen LogP contribution in [0.3, 0.4) is 0 Å². The first-order chi connectivity index (χ1) is 12.3. The Morgan fingerprint density at radius 2 is 1.77 bits per heavy atom.